The standard InChI is InChI=1S/C8H9ClO3/c1-11-5-3-6(9)8(10)7(4-5)12-2/h3-4,10H,1-2H3. The van der Waals surface area contributed by atoms with E-state index in [-0.39, 0.29) is 10.8 Å². The van der Waals surface area contributed by atoms with Crippen molar-refractivity contribution in [1.82, 2.24) is 0 Å². The van der Waals surface area contributed by atoms with Crippen LogP contribution in [0.25, 0.3) is 0 Å². The van der Waals surface area contributed by atoms with Crippen LogP contribution in [0.5, 0.6) is 17.2 Å². The molecule has 0 radical (unpaired) electrons. The number of hydrogen-bond donors (Lipinski definition) is 1. The molecule has 0 aliphatic rings. The number of phenols is 1. The molecular weight excluding hydrogens is 180 g/mol. The second-order valence-corrected chi connectivity index (χ2v) is 2.57. The van der Waals surface area contributed by atoms with Crippen LogP contribution in [0.4, 0.5) is 0 Å². The second kappa shape index (κ2) is 3.54. The monoisotopic (exact) mass is 188 g/mol. The van der Waals surface area contributed by atoms with E-state index < -0.39 is 0 Å². The molecule has 12 heavy (non-hydrogen) atoms. The number of rotatable bonds is 2. The van der Waals surface area contributed by atoms with Crippen molar-refractivity contribution in [3.63, 3.8) is 0 Å². The van der Waals surface area contributed by atoms with Crippen molar-refractivity contribution in [2.24, 2.45) is 0 Å². The second-order valence-electron chi connectivity index (χ2n) is 2.16. The summed E-state index contributed by atoms with van der Waals surface area (Å²) in [5.41, 5.74) is 0. The number of halogens is 1. The van der Waals surface area contributed by atoms with Gasteiger partial charge in [0.2, 0.25) is 0 Å². The molecule has 0 heterocycles. The highest BCUT2D eigenvalue weighted by atomic mass is 35.5. The Morgan fingerprint density at radius 2 is 1.92 bits per heavy atom. The van der Waals surface area contributed by atoms with Crippen LogP contribution in [0.1, 0.15) is 0 Å². The van der Waals surface area contributed by atoms with E-state index >= 15 is 0 Å². The Morgan fingerprint density at radius 1 is 1.25 bits per heavy atom. The molecule has 1 aromatic carbocycles. The first-order valence-electron chi connectivity index (χ1n) is 3.29. The SMILES string of the molecule is COc1cc(Cl)c(O)c(OC)c1. The van der Waals surface area contributed by atoms with Crippen LogP contribution < -0.4 is 9.47 Å². The highest BCUT2D eigenvalue weighted by Gasteiger charge is 2.08. The van der Waals surface area contributed by atoms with Crippen molar-refractivity contribution in [3.05, 3.63) is 17.2 Å². The lowest BCUT2D eigenvalue weighted by Crippen LogP contribution is -1.87. The predicted octanol–water partition coefficient (Wildman–Crippen LogP) is 2.06. The average Bonchev–Trinajstić information content (AvgIpc) is 2.09. The highest BCUT2D eigenvalue weighted by molar-refractivity contribution is 6.32. The van der Waals surface area contributed by atoms with Crippen molar-refractivity contribution >= 4 is 11.6 Å². The maximum atomic E-state index is 9.31. The molecule has 0 bridgehead atoms. The van der Waals surface area contributed by atoms with Crippen LogP contribution in [0.2, 0.25) is 5.02 Å². The number of methoxy groups -OCH3 is 2. The van der Waals surface area contributed by atoms with E-state index in [9.17, 15) is 5.11 Å². The normalized spacial score (nSPS) is 9.58. The fourth-order valence-corrected chi connectivity index (χ4v) is 1.02. The molecule has 0 unspecified atom stereocenters. The van der Waals surface area contributed by atoms with Gasteiger partial charge in [0.05, 0.1) is 19.2 Å². The topological polar surface area (TPSA) is 38.7 Å². The van der Waals surface area contributed by atoms with Gasteiger partial charge in [-0.1, -0.05) is 11.6 Å². The maximum Gasteiger partial charge on any atom is 0.177 e. The van der Waals surface area contributed by atoms with Crippen molar-refractivity contribution in [3.8, 4) is 17.2 Å². The van der Waals surface area contributed by atoms with Gasteiger partial charge >= 0.3 is 0 Å². The van der Waals surface area contributed by atoms with E-state index in [2.05, 4.69) is 0 Å². The van der Waals surface area contributed by atoms with Gasteiger partial charge < -0.3 is 14.6 Å². The van der Waals surface area contributed by atoms with E-state index in [1.165, 1.54) is 20.3 Å². The quantitative estimate of drug-likeness (QED) is 0.772. The number of aromatic hydroxyl groups is 1. The van der Waals surface area contributed by atoms with E-state index in [0.717, 1.165) is 0 Å². The molecule has 4 heteroatoms. The largest absolute Gasteiger partial charge is 0.503 e. The summed E-state index contributed by atoms with van der Waals surface area (Å²) in [5, 5.41) is 9.52. The molecular formula is C8H9ClO3. The Morgan fingerprint density at radius 3 is 2.42 bits per heavy atom. The molecule has 0 fully saturated rings. The Labute approximate surface area is 75.5 Å². The zero-order valence-corrected chi connectivity index (χ0v) is 7.55. The molecule has 0 saturated heterocycles. The summed E-state index contributed by atoms with van der Waals surface area (Å²) < 4.78 is 9.77. The molecule has 0 amide bonds. The lowest BCUT2D eigenvalue weighted by Gasteiger charge is -2.07. The van der Waals surface area contributed by atoms with Gasteiger partial charge in [0.25, 0.3) is 0 Å². The maximum absolute atomic E-state index is 9.31. The third-order valence-electron chi connectivity index (χ3n) is 1.46. The molecule has 1 rings (SSSR count). The molecule has 0 aliphatic heterocycles. The number of hydrogen-bond acceptors (Lipinski definition) is 3. The first-order valence-corrected chi connectivity index (χ1v) is 3.67. The molecule has 0 aliphatic carbocycles. The van der Waals surface area contributed by atoms with Gasteiger partial charge in [-0.05, 0) is 0 Å². The number of phenolic OH excluding ortho intramolecular Hbond substituents is 1. The molecule has 3 nitrogen and oxygen atoms in total. The molecule has 0 saturated carbocycles. The Balaban J connectivity index is 3.19. The fourth-order valence-electron chi connectivity index (χ4n) is 0.824. The zero-order valence-electron chi connectivity index (χ0n) is 6.80. The van der Waals surface area contributed by atoms with Crippen LogP contribution in [-0.2, 0) is 0 Å². The summed E-state index contributed by atoms with van der Waals surface area (Å²) >= 11 is 5.67. The number of ether oxygens (including phenoxy) is 2. The van der Waals surface area contributed by atoms with Gasteiger partial charge in [-0.15, -0.1) is 0 Å². The van der Waals surface area contributed by atoms with Gasteiger partial charge in [0.1, 0.15) is 5.75 Å². The lowest BCUT2D eigenvalue weighted by molar-refractivity contribution is 0.364. The van der Waals surface area contributed by atoms with Crippen molar-refractivity contribution < 1.29 is 14.6 Å². The number of benzene rings is 1. The van der Waals surface area contributed by atoms with Gasteiger partial charge in [-0.3, -0.25) is 0 Å². The first kappa shape index (κ1) is 9.00. The third kappa shape index (κ3) is 1.56. The van der Waals surface area contributed by atoms with Crippen LogP contribution in [-0.4, -0.2) is 19.3 Å². The molecule has 1 N–H and O–H groups in total. The Hall–Kier alpha value is -1.09. The summed E-state index contributed by atoms with van der Waals surface area (Å²) in [5.74, 6) is 0.786. The summed E-state index contributed by atoms with van der Waals surface area (Å²) in [7, 11) is 2.97. The minimum absolute atomic E-state index is 0.0695. The van der Waals surface area contributed by atoms with Crippen molar-refractivity contribution in [2.45, 2.75) is 0 Å². The highest BCUT2D eigenvalue weighted by Crippen LogP contribution is 2.37. The Bertz CT molecular complexity index is 286. The average molecular weight is 189 g/mol. The summed E-state index contributed by atoms with van der Waals surface area (Å²) in [4.78, 5) is 0. The minimum Gasteiger partial charge on any atom is -0.503 e. The van der Waals surface area contributed by atoms with Crippen molar-refractivity contribution in [1.29, 1.82) is 0 Å². The predicted molar refractivity (Wildman–Crippen MR) is 46.2 cm³/mol. The van der Waals surface area contributed by atoms with Crippen LogP contribution in [0.3, 0.4) is 0 Å². The van der Waals surface area contributed by atoms with Crippen LogP contribution in [0, 0.1) is 0 Å². The van der Waals surface area contributed by atoms with E-state index in [4.69, 9.17) is 21.1 Å². The van der Waals surface area contributed by atoms with Crippen molar-refractivity contribution in [2.75, 3.05) is 14.2 Å². The summed E-state index contributed by atoms with van der Waals surface area (Å²) in [6.07, 6.45) is 0. The summed E-state index contributed by atoms with van der Waals surface area (Å²) in [6.45, 7) is 0. The van der Waals surface area contributed by atoms with Crippen LogP contribution in [0.15, 0.2) is 12.1 Å². The smallest absolute Gasteiger partial charge is 0.177 e. The first-order chi connectivity index (χ1) is 5.69. The molecule has 66 valence electrons. The molecule has 0 atom stereocenters. The van der Waals surface area contributed by atoms with E-state index in [1.54, 1.807) is 6.07 Å². The molecule has 0 aromatic heterocycles. The fraction of sp³-hybridized carbons (Fsp3) is 0.250. The van der Waals surface area contributed by atoms with Gasteiger partial charge in [-0.25, -0.2) is 0 Å². The zero-order chi connectivity index (χ0) is 9.14. The third-order valence-corrected chi connectivity index (χ3v) is 1.75. The van der Waals surface area contributed by atoms with E-state index in [0.29, 0.717) is 11.5 Å². The molecule has 0 spiro atoms. The Kier molecular flexibility index (Phi) is 2.65. The van der Waals surface area contributed by atoms with Gasteiger partial charge in [-0.2, -0.15) is 0 Å². The van der Waals surface area contributed by atoms with E-state index in [1.807, 2.05) is 0 Å². The lowest BCUT2D eigenvalue weighted by atomic mass is 10.3. The van der Waals surface area contributed by atoms with Crippen LogP contribution >= 0.6 is 11.6 Å². The van der Waals surface area contributed by atoms with Gasteiger partial charge in [0, 0.05) is 12.1 Å². The van der Waals surface area contributed by atoms with Gasteiger partial charge in [0.15, 0.2) is 11.5 Å². The molecule has 1 aromatic rings. The summed E-state index contributed by atoms with van der Waals surface area (Å²) in [6, 6.07) is 3.07. The minimum atomic E-state index is -0.0695.